The van der Waals surface area contributed by atoms with E-state index in [-0.39, 0.29) is 24.2 Å². The van der Waals surface area contributed by atoms with Crippen LogP contribution in [-0.2, 0) is 9.59 Å². The van der Waals surface area contributed by atoms with Gasteiger partial charge in [0.25, 0.3) is 0 Å². The summed E-state index contributed by atoms with van der Waals surface area (Å²) in [6.07, 6.45) is 4.28. The number of hydrogen-bond donors (Lipinski definition) is 1. The van der Waals surface area contributed by atoms with Crippen LogP contribution in [0, 0.1) is 5.92 Å². The second-order valence-electron chi connectivity index (χ2n) is 6.00. The van der Waals surface area contributed by atoms with Gasteiger partial charge in [-0.05, 0) is 35.4 Å². The fourth-order valence-corrected chi connectivity index (χ4v) is 2.99. The molecule has 1 heterocycles. The molecule has 1 N–H and O–H groups in total. The molecule has 1 aliphatic rings. The van der Waals surface area contributed by atoms with Crippen LogP contribution in [0.15, 0.2) is 48.5 Å². The largest absolute Gasteiger partial charge is 0.359 e. The minimum atomic E-state index is -0.276. The summed E-state index contributed by atoms with van der Waals surface area (Å²) in [5, 5.41) is 3.32. The summed E-state index contributed by atoms with van der Waals surface area (Å²) in [5.41, 5.74) is 2.92. The van der Waals surface area contributed by atoms with E-state index in [0.29, 0.717) is 11.6 Å². The van der Waals surface area contributed by atoms with Gasteiger partial charge in [0.2, 0.25) is 11.8 Å². The van der Waals surface area contributed by atoms with Crippen LogP contribution in [0.3, 0.4) is 0 Å². The third-order valence-electron chi connectivity index (χ3n) is 4.29. The molecule has 25 heavy (non-hydrogen) atoms. The summed E-state index contributed by atoms with van der Waals surface area (Å²) in [4.78, 5) is 25.5. The molecule has 2 aromatic rings. The van der Waals surface area contributed by atoms with Gasteiger partial charge in [0.15, 0.2) is 0 Å². The van der Waals surface area contributed by atoms with E-state index in [9.17, 15) is 9.59 Å². The van der Waals surface area contributed by atoms with Gasteiger partial charge in [0.1, 0.15) is 0 Å². The second-order valence-corrected chi connectivity index (χ2v) is 6.43. The Morgan fingerprint density at radius 1 is 1.08 bits per heavy atom. The van der Waals surface area contributed by atoms with Gasteiger partial charge in [0, 0.05) is 30.7 Å². The minimum Gasteiger partial charge on any atom is -0.359 e. The van der Waals surface area contributed by atoms with Gasteiger partial charge in [-0.3, -0.25) is 9.59 Å². The molecule has 0 radical (unpaired) electrons. The zero-order chi connectivity index (χ0) is 17.8. The van der Waals surface area contributed by atoms with Crippen LogP contribution in [-0.4, -0.2) is 25.4 Å². The van der Waals surface area contributed by atoms with Crippen molar-refractivity contribution in [3.63, 3.8) is 0 Å². The average Bonchev–Trinajstić information content (AvgIpc) is 3.03. The Morgan fingerprint density at radius 2 is 1.64 bits per heavy atom. The van der Waals surface area contributed by atoms with E-state index in [1.54, 1.807) is 11.9 Å². The van der Waals surface area contributed by atoms with Crippen molar-refractivity contribution in [2.45, 2.75) is 6.42 Å². The molecular formula is C20H19ClN2O2. The monoisotopic (exact) mass is 354 g/mol. The quantitative estimate of drug-likeness (QED) is 0.853. The molecule has 2 aromatic carbocycles. The molecule has 0 saturated carbocycles. The molecule has 0 bridgehead atoms. The van der Waals surface area contributed by atoms with E-state index in [1.807, 2.05) is 60.7 Å². The zero-order valence-electron chi connectivity index (χ0n) is 13.9. The predicted molar refractivity (Wildman–Crippen MR) is 101 cm³/mol. The van der Waals surface area contributed by atoms with Crippen LogP contribution in [0.4, 0.5) is 5.69 Å². The fraction of sp³-hybridized carbons (Fsp3) is 0.200. The molecule has 0 aliphatic carbocycles. The number of rotatable bonds is 4. The number of halogens is 1. The second kappa shape index (κ2) is 7.53. The predicted octanol–water partition coefficient (Wildman–Crippen LogP) is 3.61. The summed E-state index contributed by atoms with van der Waals surface area (Å²) in [5.74, 6) is -0.376. The number of carbonyl (C=O) groups is 2. The molecule has 2 amide bonds. The van der Waals surface area contributed by atoms with Crippen LogP contribution in [0.1, 0.15) is 17.5 Å². The number of amides is 2. The van der Waals surface area contributed by atoms with Gasteiger partial charge >= 0.3 is 0 Å². The van der Waals surface area contributed by atoms with E-state index in [0.717, 1.165) is 16.8 Å². The molecule has 5 heteroatoms. The first-order chi connectivity index (χ1) is 12.1. The van der Waals surface area contributed by atoms with Gasteiger partial charge in [0.05, 0.1) is 5.92 Å². The summed E-state index contributed by atoms with van der Waals surface area (Å²) in [7, 11) is 1.59. The average molecular weight is 355 g/mol. The Kier molecular flexibility index (Phi) is 5.19. The maximum Gasteiger partial charge on any atom is 0.227 e. The lowest BCUT2D eigenvalue weighted by atomic mass is 10.1. The van der Waals surface area contributed by atoms with Crippen LogP contribution in [0.5, 0.6) is 0 Å². The van der Waals surface area contributed by atoms with Crippen LogP contribution in [0.2, 0.25) is 5.02 Å². The van der Waals surface area contributed by atoms with Crippen LogP contribution < -0.4 is 10.2 Å². The molecule has 0 aromatic heterocycles. The fourth-order valence-electron chi connectivity index (χ4n) is 2.87. The number of carbonyl (C=O) groups excluding carboxylic acids is 2. The van der Waals surface area contributed by atoms with Crippen molar-refractivity contribution in [3.05, 3.63) is 64.7 Å². The van der Waals surface area contributed by atoms with Gasteiger partial charge in [-0.15, -0.1) is 0 Å². The molecule has 1 saturated heterocycles. The SMILES string of the molecule is CNC(=O)[C@H]1CC(=O)N(c2ccc(/C=C/c3ccc(Cl)cc3)cc2)C1. The van der Waals surface area contributed by atoms with E-state index in [2.05, 4.69) is 5.32 Å². The Hall–Kier alpha value is -2.59. The van der Waals surface area contributed by atoms with Crippen LogP contribution >= 0.6 is 11.6 Å². The molecule has 128 valence electrons. The topological polar surface area (TPSA) is 49.4 Å². The van der Waals surface area contributed by atoms with Crippen molar-refractivity contribution < 1.29 is 9.59 Å². The van der Waals surface area contributed by atoms with E-state index < -0.39 is 0 Å². The Labute approximate surface area is 152 Å². The minimum absolute atomic E-state index is 0.0157. The van der Waals surface area contributed by atoms with Crippen molar-refractivity contribution in [2.75, 3.05) is 18.5 Å². The molecule has 0 spiro atoms. The van der Waals surface area contributed by atoms with Crippen molar-refractivity contribution in [1.82, 2.24) is 5.32 Å². The smallest absolute Gasteiger partial charge is 0.227 e. The lowest BCUT2D eigenvalue weighted by Gasteiger charge is -2.16. The summed E-state index contributed by atoms with van der Waals surface area (Å²) in [6.45, 7) is 0.429. The number of hydrogen-bond acceptors (Lipinski definition) is 2. The molecule has 1 fully saturated rings. The summed E-state index contributed by atoms with van der Waals surface area (Å²) in [6, 6.07) is 15.4. The summed E-state index contributed by atoms with van der Waals surface area (Å²) >= 11 is 5.88. The maximum absolute atomic E-state index is 12.1. The molecule has 1 atom stereocenters. The molecule has 1 aliphatic heterocycles. The highest BCUT2D eigenvalue weighted by Gasteiger charge is 2.34. The molecule has 4 nitrogen and oxygen atoms in total. The van der Waals surface area contributed by atoms with Crippen molar-refractivity contribution in [2.24, 2.45) is 5.92 Å². The first-order valence-electron chi connectivity index (χ1n) is 8.12. The maximum atomic E-state index is 12.1. The highest BCUT2D eigenvalue weighted by Crippen LogP contribution is 2.26. The lowest BCUT2D eigenvalue weighted by Crippen LogP contribution is -2.30. The van der Waals surface area contributed by atoms with E-state index in [4.69, 9.17) is 11.6 Å². The first kappa shape index (κ1) is 17.2. The van der Waals surface area contributed by atoms with Crippen LogP contribution in [0.25, 0.3) is 12.2 Å². The normalized spacial score (nSPS) is 17.3. The highest BCUT2D eigenvalue weighted by molar-refractivity contribution is 6.30. The third kappa shape index (κ3) is 4.09. The Balaban J connectivity index is 1.69. The van der Waals surface area contributed by atoms with Crippen molar-refractivity contribution in [1.29, 1.82) is 0 Å². The molecular weight excluding hydrogens is 336 g/mol. The number of anilines is 1. The zero-order valence-corrected chi connectivity index (χ0v) is 14.7. The molecule has 0 unspecified atom stereocenters. The molecule has 3 rings (SSSR count). The van der Waals surface area contributed by atoms with Gasteiger partial charge in [-0.2, -0.15) is 0 Å². The number of nitrogens with one attached hydrogen (secondary N) is 1. The van der Waals surface area contributed by atoms with Gasteiger partial charge < -0.3 is 10.2 Å². The standard InChI is InChI=1S/C20H19ClN2O2/c1-22-20(25)16-12-19(24)23(13-16)18-10-6-15(7-11-18)3-2-14-4-8-17(21)9-5-14/h2-11,16H,12-13H2,1H3,(H,22,25)/b3-2+/t16-/m0/s1. The highest BCUT2D eigenvalue weighted by atomic mass is 35.5. The first-order valence-corrected chi connectivity index (χ1v) is 8.50. The van der Waals surface area contributed by atoms with E-state index in [1.165, 1.54) is 0 Å². The van der Waals surface area contributed by atoms with Crippen molar-refractivity contribution in [3.8, 4) is 0 Å². The number of nitrogens with zero attached hydrogens (tertiary/aromatic N) is 1. The van der Waals surface area contributed by atoms with Gasteiger partial charge in [-0.25, -0.2) is 0 Å². The summed E-state index contributed by atoms with van der Waals surface area (Å²) < 4.78 is 0. The van der Waals surface area contributed by atoms with Gasteiger partial charge in [-0.1, -0.05) is 48.0 Å². The Morgan fingerprint density at radius 3 is 2.20 bits per heavy atom. The van der Waals surface area contributed by atoms with Crippen molar-refractivity contribution >= 4 is 41.3 Å². The van der Waals surface area contributed by atoms with E-state index >= 15 is 0 Å². The lowest BCUT2D eigenvalue weighted by molar-refractivity contribution is -0.125. The number of benzene rings is 2. The third-order valence-corrected chi connectivity index (χ3v) is 4.54. The Bertz CT molecular complexity index is 797.